The summed E-state index contributed by atoms with van der Waals surface area (Å²) in [4.78, 5) is -0.0950. The van der Waals surface area contributed by atoms with E-state index >= 15 is 0 Å². The zero-order chi connectivity index (χ0) is 35.8. The first-order valence-corrected chi connectivity index (χ1v) is 17.9. The van der Waals surface area contributed by atoms with Gasteiger partial charge in [-0.25, -0.2) is 0 Å². The zero-order valence-corrected chi connectivity index (χ0v) is 29.1. The molecule has 0 aliphatic heterocycles. The number of aryl methyl sites for hydroxylation is 2. The van der Waals surface area contributed by atoms with Gasteiger partial charge in [0.15, 0.2) is 0 Å². The second-order valence-electron chi connectivity index (χ2n) is 11.4. The van der Waals surface area contributed by atoms with Gasteiger partial charge in [0.25, 0.3) is 20.2 Å². The minimum atomic E-state index is -4.04. The first-order valence-electron chi connectivity index (χ1n) is 15.1. The quantitative estimate of drug-likeness (QED) is 0.0845. The number of anilines is 2. The molecule has 0 aliphatic carbocycles. The maximum atomic E-state index is 12.7. The second kappa shape index (κ2) is 13.4. The van der Waals surface area contributed by atoms with Crippen LogP contribution in [0.25, 0.3) is 32.7 Å². The molecular formula is C36H32N6O6S2. The number of nitrogens with zero attached hydrogens (tertiary/aromatic N) is 4. The van der Waals surface area contributed by atoms with Crippen LogP contribution < -0.4 is 11.5 Å². The summed E-state index contributed by atoms with van der Waals surface area (Å²) in [5, 5.41) is 19.3. The number of rotatable bonds is 9. The molecule has 0 radical (unpaired) electrons. The van der Waals surface area contributed by atoms with Crippen LogP contribution in [-0.2, 0) is 28.6 Å². The number of hydrogen-bond acceptors (Lipinski definition) is 12. The van der Waals surface area contributed by atoms with Crippen molar-refractivity contribution in [2.45, 2.75) is 23.6 Å². The highest BCUT2D eigenvalue weighted by molar-refractivity contribution is 7.87. The third kappa shape index (κ3) is 6.44. The minimum absolute atomic E-state index is 0.0475. The van der Waals surface area contributed by atoms with E-state index in [0.717, 1.165) is 36.5 Å². The molecule has 0 spiro atoms. The summed E-state index contributed by atoms with van der Waals surface area (Å²) in [6, 6.07) is 27.8. The van der Waals surface area contributed by atoms with Gasteiger partial charge >= 0.3 is 0 Å². The predicted molar refractivity (Wildman–Crippen MR) is 195 cm³/mol. The van der Waals surface area contributed by atoms with E-state index in [1.54, 1.807) is 48.5 Å². The van der Waals surface area contributed by atoms with Crippen LogP contribution in [0.15, 0.2) is 127 Å². The molecule has 0 atom stereocenters. The van der Waals surface area contributed by atoms with Gasteiger partial charge in [-0.15, -0.1) is 10.2 Å². The van der Waals surface area contributed by atoms with Crippen molar-refractivity contribution >= 4 is 75.9 Å². The Bertz CT molecular complexity index is 2420. The molecule has 0 amide bonds. The van der Waals surface area contributed by atoms with Crippen LogP contribution in [0, 0.1) is 13.8 Å². The normalized spacial score (nSPS) is 12.5. The van der Waals surface area contributed by atoms with E-state index in [1.807, 2.05) is 50.2 Å². The van der Waals surface area contributed by atoms with Gasteiger partial charge in [0.05, 0.1) is 37.0 Å². The molecule has 14 heteroatoms. The highest BCUT2D eigenvalue weighted by Gasteiger charge is 2.22. The van der Waals surface area contributed by atoms with Crippen molar-refractivity contribution in [2.24, 2.45) is 20.5 Å². The fourth-order valence-electron chi connectivity index (χ4n) is 5.57. The van der Waals surface area contributed by atoms with Crippen LogP contribution in [0.1, 0.15) is 11.1 Å². The van der Waals surface area contributed by atoms with Gasteiger partial charge in [0.2, 0.25) is 0 Å². The summed E-state index contributed by atoms with van der Waals surface area (Å²) in [5.74, 6) is 0. The highest BCUT2D eigenvalue weighted by atomic mass is 32.2. The second-order valence-corrected chi connectivity index (χ2v) is 14.7. The number of hydrogen-bond donors (Lipinski definition) is 2. The molecular weight excluding hydrogens is 677 g/mol. The molecule has 0 fully saturated rings. The van der Waals surface area contributed by atoms with Crippen LogP contribution in [0.3, 0.4) is 0 Å². The molecule has 12 nitrogen and oxygen atoms in total. The lowest BCUT2D eigenvalue weighted by Gasteiger charge is -2.11. The van der Waals surface area contributed by atoms with Crippen molar-refractivity contribution in [1.29, 1.82) is 0 Å². The Morgan fingerprint density at radius 3 is 1.16 bits per heavy atom. The first-order chi connectivity index (χ1) is 23.8. The third-order valence-electron chi connectivity index (χ3n) is 8.29. The Balaban J connectivity index is 1.28. The fourth-order valence-corrected chi connectivity index (χ4v) is 7.34. The summed E-state index contributed by atoms with van der Waals surface area (Å²) in [5.41, 5.74) is 18.4. The molecule has 0 aromatic heterocycles. The Hall–Kier alpha value is -5.54. The van der Waals surface area contributed by atoms with Crippen molar-refractivity contribution < 1.29 is 25.2 Å². The van der Waals surface area contributed by atoms with Crippen molar-refractivity contribution in [3.63, 3.8) is 0 Å². The zero-order valence-electron chi connectivity index (χ0n) is 27.4. The van der Waals surface area contributed by atoms with E-state index < -0.39 is 20.2 Å². The summed E-state index contributed by atoms with van der Waals surface area (Å²) < 4.78 is 60.2. The number of azo groups is 2. The van der Waals surface area contributed by atoms with Crippen molar-refractivity contribution in [3.8, 4) is 11.1 Å². The topological polar surface area (TPSA) is 188 Å². The van der Waals surface area contributed by atoms with E-state index in [4.69, 9.17) is 19.8 Å². The van der Waals surface area contributed by atoms with Gasteiger partial charge < -0.3 is 11.5 Å². The molecule has 0 bridgehead atoms. The third-order valence-corrected chi connectivity index (χ3v) is 10.9. The molecule has 0 heterocycles. The lowest BCUT2D eigenvalue weighted by Crippen LogP contribution is -2.04. The minimum Gasteiger partial charge on any atom is -0.396 e. The molecule has 0 aliphatic rings. The van der Waals surface area contributed by atoms with E-state index in [9.17, 15) is 16.8 Å². The SMILES string of the molecule is COS(=O)(=O)c1cc(N=Nc2ccc(-c3ccc(N=Nc4cc(S(=O)(=O)OC)c5ccccc5c4N)c(C)c3)cc2C)c(N)c2ccccc12. The van der Waals surface area contributed by atoms with Gasteiger partial charge in [-0.2, -0.15) is 27.1 Å². The van der Waals surface area contributed by atoms with Gasteiger partial charge in [0, 0.05) is 21.5 Å². The van der Waals surface area contributed by atoms with Crippen LogP contribution >= 0.6 is 0 Å². The Labute approximate surface area is 289 Å². The van der Waals surface area contributed by atoms with Crippen LogP contribution in [-0.4, -0.2) is 31.1 Å². The maximum Gasteiger partial charge on any atom is 0.297 e. The highest BCUT2D eigenvalue weighted by Crippen LogP contribution is 2.40. The van der Waals surface area contributed by atoms with Crippen LogP contribution in [0.2, 0.25) is 0 Å². The standard InChI is InChI=1S/C36H32N6O6S2/c1-21-17-23(13-15-29(21)39-41-31-19-33(49(43,44)47-3)25-9-5-7-11-27(25)35(31)37)24-14-16-30(22(2)18-24)40-42-32-20-34(50(45,46)48-4)26-10-6-8-12-28(26)36(32)38/h5-20H,37-38H2,1-4H3. The van der Waals surface area contributed by atoms with Crippen molar-refractivity contribution in [1.82, 2.24) is 0 Å². The summed E-state index contributed by atoms with van der Waals surface area (Å²) in [6.07, 6.45) is 0. The van der Waals surface area contributed by atoms with Crippen molar-refractivity contribution in [3.05, 3.63) is 108 Å². The van der Waals surface area contributed by atoms with Gasteiger partial charge in [-0.1, -0.05) is 60.7 Å². The van der Waals surface area contributed by atoms with E-state index in [0.29, 0.717) is 44.3 Å². The summed E-state index contributed by atoms with van der Waals surface area (Å²) in [6.45, 7) is 3.79. The lowest BCUT2D eigenvalue weighted by atomic mass is 10.0. The van der Waals surface area contributed by atoms with Crippen LogP contribution in [0.5, 0.6) is 0 Å². The van der Waals surface area contributed by atoms with Gasteiger partial charge in [-0.3, -0.25) is 8.37 Å². The van der Waals surface area contributed by atoms with E-state index in [2.05, 4.69) is 20.5 Å². The Morgan fingerprint density at radius 2 is 0.820 bits per heavy atom. The number of nitrogens with two attached hydrogens (primary N) is 2. The average molecular weight is 709 g/mol. The molecule has 4 N–H and O–H groups in total. The molecule has 50 heavy (non-hydrogen) atoms. The monoisotopic (exact) mass is 708 g/mol. The summed E-state index contributed by atoms with van der Waals surface area (Å²) >= 11 is 0. The van der Waals surface area contributed by atoms with Crippen LogP contribution in [0.4, 0.5) is 34.1 Å². The molecule has 6 rings (SSSR count). The number of nitrogen functional groups attached to an aromatic ring is 2. The van der Waals surface area contributed by atoms with Gasteiger partial charge in [0.1, 0.15) is 21.2 Å². The first kappa shape index (κ1) is 34.3. The number of benzene rings is 6. The molecule has 0 unspecified atom stereocenters. The lowest BCUT2D eigenvalue weighted by molar-refractivity contribution is 0.397. The Morgan fingerprint density at radius 1 is 0.480 bits per heavy atom. The number of fused-ring (bicyclic) bond motifs is 2. The molecule has 6 aromatic rings. The van der Waals surface area contributed by atoms with Gasteiger partial charge in [-0.05, 0) is 72.5 Å². The average Bonchev–Trinajstić information content (AvgIpc) is 3.11. The molecule has 6 aromatic carbocycles. The molecule has 0 saturated carbocycles. The van der Waals surface area contributed by atoms with E-state index in [1.165, 1.54) is 12.1 Å². The summed E-state index contributed by atoms with van der Waals surface area (Å²) in [7, 11) is -5.87. The Kier molecular flexibility index (Phi) is 9.20. The van der Waals surface area contributed by atoms with Crippen molar-refractivity contribution in [2.75, 3.05) is 25.7 Å². The molecule has 254 valence electrons. The maximum absolute atomic E-state index is 12.7. The smallest absolute Gasteiger partial charge is 0.297 e. The largest absolute Gasteiger partial charge is 0.396 e. The predicted octanol–water partition coefficient (Wildman–Crippen LogP) is 8.94. The molecule has 0 saturated heterocycles. The van der Waals surface area contributed by atoms with E-state index in [-0.39, 0.29) is 21.2 Å². The fraction of sp³-hybridized carbons (Fsp3) is 0.111.